The molecular weight excluding hydrogens is 166 g/mol. The van der Waals surface area contributed by atoms with Gasteiger partial charge in [-0.1, -0.05) is 13.0 Å². The number of nitrogens with one attached hydrogen (secondary N) is 1. The van der Waals surface area contributed by atoms with E-state index >= 15 is 0 Å². The van der Waals surface area contributed by atoms with E-state index in [-0.39, 0.29) is 12.1 Å². The van der Waals surface area contributed by atoms with Crippen molar-refractivity contribution in [3.8, 4) is 0 Å². The molecule has 0 heterocycles. The van der Waals surface area contributed by atoms with E-state index in [4.69, 9.17) is 4.74 Å². The van der Waals surface area contributed by atoms with Crippen molar-refractivity contribution in [2.75, 3.05) is 13.1 Å². The normalized spacial score (nSPS) is 12.2. The lowest BCUT2D eigenvalue weighted by atomic mass is 10.2. The Balaban J connectivity index is 3.46. The maximum atomic E-state index is 11.1. The van der Waals surface area contributed by atoms with Crippen molar-refractivity contribution >= 4 is 5.97 Å². The highest BCUT2D eigenvalue weighted by Gasteiger charge is 2.07. The van der Waals surface area contributed by atoms with Crippen molar-refractivity contribution in [3.63, 3.8) is 0 Å². The molecule has 0 saturated heterocycles. The molecule has 0 aromatic heterocycles. The number of hydrogen-bond donors (Lipinski definition) is 1. The molecule has 0 aromatic carbocycles. The van der Waals surface area contributed by atoms with Gasteiger partial charge in [-0.15, -0.1) is 6.58 Å². The highest BCUT2D eigenvalue weighted by molar-refractivity contribution is 5.71. The predicted molar refractivity (Wildman–Crippen MR) is 53.5 cm³/mol. The molecule has 76 valence electrons. The van der Waals surface area contributed by atoms with Gasteiger partial charge in [0.25, 0.3) is 0 Å². The lowest BCUT2D eigenvalue weighted by Gasteiger charge is -2.11. The van der Waals surface area contributed by atoms with Crippen LogP contribution in [0.15, 0.2) is 12.7 Å². The molecule has 1 atom stereocenters. The lowest BCUT2D eigenvalue weighted by molar-refractivity contribution is -0.147. The summed E-state index contributed by atoms with van der Waals surface area (Å²) in [5, 5.41) is 2.91. The van der Waals surface area contributed by atoms with Crippen LogP contribution in [-0.4, -0.2) is 25.2 Å². The van der Waals surface area contributed by atoms with Crippen LogP contribution in [0.25, 0.3) is 0 Å². The number of ether oxygens (including phenoxy) is 1. The average molecular weight is 185 g/mol. The van der Waals surface area contributed by atoms with E-state index in [1.165, 1.54) is 0 Å². The van der Waals surface area contributed by atoms with Crippen LogP contribution >= 0.6 is 0 Å². The zero-order valence-corrected chi connectivity index (χ0v) is 8.51. The minimum absolute atomic E-state index is 0.0100. The number of hydrogen-bond acceptors (Lipinski definition) is 3. The first-order valence-electron chi connectivity index (χ1n) is 4.71. The van der Waals surface area contributed by atoms with Gasteiger partial charge in [-0.3, -0.25) is 4.79 Å². The Morgan fingerprint density at radius 1 is 1.69 bits per heavy atom. The van der Waals surface area contributed by atoms with Crippen LogP contribution in [0.4, 0.5) is 0 Å². The molecule has 0 radical (unpaired) electrons. The largest absolute Gasteiger partial charge is 0.462 e. The highest BCUT2D eigenvalue weighted by atomic mass is 16.5. The number of allylic oxidation sites excluding steroid dienone is 1. The van der Waals surface area contributed by atoms with Crippen LogP contribution < -0.4 is 5.32 Å². The zero-order chi connectivity index (χ0) is 10.1. The third-order valence-electron chi connectivity index (χ3n) is 1.63. The molecule has 0 aliphatic heterocycles. The molecule has 0 amide bonds. The van der Waals surface area contributed by atoms with Crippen molar-refractivity contribution in [1.82, 2.24) is 5.32 Å². The van der Waals surface area contributed by atoms with Crippen molar-refractivity contribution in [2.24, 2.45) is 0 Å². The van der Waals surface area contributed by atoms with Crippen molar-refractivity contribution < 1.29 is 9.53 Å². The molecule has 0 aromatic rings. The number of carbonyl (C=O) groups excluding carboxylic acids is 1. The molecular formula is C10H19NO2. The van der Waals surface area contributed by atoms with Gasteiger partial charge < -0.3 is 10.1 Å². The molecule has 0 saturated carbocycles. The summed E-state index contributed by atoms with van der Waals surface area (Å²) >= 11 is 0. The van der Waals surface area contributed by atoms with Gasteiger partial charge in [-0.25, -0.2) is 0 Å². The molecule has 0 fully saturated rings. The number of carbonyl (C=O) groups is 1. The first-order chi connectivity index (χ1) is 6.20. The molecule has 1 N–H and O–H groups in total. The van der Waals surface area contributed by atoms with Gasteiger partial charge in [0, 0.05) is 0 Å². The summed E-state index contributed by atoms with van der Waals surface area (Å²) in [5.74, 6) is -0.182. The standard InChI is InChI=1S/C10H19NO2/c1-4-6-7-9(3)13-10(12)8-11-5-2/h4,9,11H,1,5-8H2,2-3H3. The van der Waals surface area contributed by atoms with Crippen molar-refractivity contribution in [3.05, 3.63) is 12.7 Å². The maximum Gasteiger partial charge on any atom is 0.320 e. The Morgan fingerprint density at radius 2 is 2.38 bits per heavy atom. The van der Waals surface area contributed by atoms with Gasteiger partial charge in [0.05, 0.1) is 12.6 Å². The van der Waals surface area contributed by atoms with Gasteiger partial charge in [0.1, 0.15) is 0 Å². The molecule has 13 heavy (non-hydrogen) atoms. The van der Waals surface area contributed by atoms with E-state index < -0.39 is 0 Å². The van der Waals surface area contributed by atoms with Gasteiger partial charge in [0.15, 0.2) is 0 Å². The molecule has 3 nitrogen and oxygen atoms in total. The third-order valence-corrected chi connectivity index (χ3v) is 1.63. The van der Waals surface area contributed by atoms with Crippen molar-refractivity contribution in [1.29, 1.82) is 0 Å². The highest BCUT2D eigenvalue weighted by Crippen LogP contribution is 2.01. The summed E-state index contributed by atoms with van der Waals surface area (Å²) in [7, 11) is 0. The van der Waals surface area contributed by atoms with E-state index in [1.54, 1.807) is 0 Å². The summed E-state index contributed by atoms with van der Waals surface area (Å²) in [6.07, 6.45) is 3.55. The lowest BCUT2D eigenvalue weighted by Crippen LogP contribution is -2.27. The van der Waals surface area contributed by atoms with Gasteiger partial charge in [-0.05, 0) is 26.3 Å². The minimum Gasteiger partial charge on any atom is -0.462 e. The van der Waals surface area contributed by atoms with Gasteiger partial charge in [0.2, 0.25) is 0 Å². The summed E-state index contributed by atoms with van der Waals surface area (Å²) < 4.78 is 5.11. The topological polar surface area (TPSA) is 38.3 Å². The van der Waals surface area contributed by atoms with Crippen LogP contribution in [0.5, 0.6) is 0 Å². The fourth-order valence-electron chi connectivity index (χ4n) is 0.905. The van der Waals surface area contributed by atoms with E-state index in [2.05, 4.69) is 11.9 Å². The second-order valence-electron chi connectivity index (χ2n) is 2.95. The molecule has 0 rings (SSSR count). The smallest absolute Gasteiger partial charge is 0.320 e. The fourth-order valence-corrected chi connectivity index (χ4v) is 0.905. The summed E-state index contributed by atoms with van der Waals surface area (Å²) in [6, 6.07) is 0. The SMILES string of the molecule is C=CCCC(C)OC(=O)CNCC. The Morgan fingerprint density at radius 3 is 2.92 bits per heavy atom. The first-order valence-corrected chi connectivity index (χ1v) is 4.71. The maximum absolute atomic E-state index is 11.1. The second-order valence-corrected chi connectivity index (χ2v) is 2.95. The molecule has 3 heteroatoms. The summed E-state index contributed by atoms with van der Waals surface area (Å²) in [6.45, 7) is 8.55. The zero-order valence-electron chi connectivity index (χ0n) is 8.51. The van der Waals surface area contributed by atoms with Crippen LogP contribution in [0.2, 0.25) is 0 Å². The molecule has 1 unspecified atom stereocenters. The van der Waals surface area contributed by atoms with Crippen LogP contribution in [0.3, 0.4) is 0 Å². The average Bonchev–Trinajstić information content (AvgIpc) is 2.11. The Bertz CT molecular complexity index is 157. The quantitative estimate of drug-likeness (QED) is 0.482. The first kappa shape index (κ1) is 12.2. The van der Waals surface area contributed by atoms with E-state index in [0.29, 0.717) is 6.54 Å². The molecule has 0 aliphatic carbocycles. The number of likely N-dealkylation sites (N-methyl/N-ethyl adjacent to an activating group) is 1. The monoisotopic (exact) mass is 185 g/mol. The second kappa shape index (κ2) is 7.80. The van der Waals surface area contributed by atoms with E-state index in [0.717, 1.165) is 19.4 Å². The number of esters is 1. The Hall–Kier alpha value is -0.830. The molecule has 0 spiro atoms. The summed E-state index contributed by atoms with van der Waals surface area (Å²) in [5.41, 5.74) is 0. The molecule has 0 aliphatic rings. The minimum atomic E-state index is -0.182. The van der Waals surface area contributed by atoms with Gasteiger partial charge in [-0.2, -0.15) is 0 Å². The summed E-state index contributed by atoms with van der Waals surface area (Å²) in [4.78, 5) is 11.1. The Kier molecular flexibility index (Phi) is 7.30. The fraction of sp³-hybridized carbons (Fsp3) is 0.700. The van der Waals surface area contributed by atoms with E-state index in [9.17, 15) is 4.79 Å². The van der Waals surface area contributed by atoms with E-state index in [1.807, 2.05) is 19.9 Å². The van der Waals surface area contributed by atoms with Crippen molar-refractivity contribution in [2.45, 2.75) is 32.8 Å². The molecule has 0 bridgehead atoms. The van der Waals surface area contributed by atoms with Crippen LogP contribution in [0, 0.1) is 0 Å². The number of rotatable bonds is 7. The van der Waals surface area contributed by atoms with Gasteiger partial charge >= 0.3 is 5.97 Å². The predicted octanol–water partition coefficient (Wildman–Crippen LogP) is 1.49. The van der Waals surface area contributed by atoms with Crippen LogP contribution in [-0.2, 0) is 9.53 Å². The third kappa shape index (κ3) is 7.53. The van der Waals surface area contributed by atoms with Crippen LogP contribution in [0.1, 0.15) is 26.7 Å². The Labute approximate surface area is 80.2 Å².